The van der Waals surface area contributed by atoms with Crippen molar-refractivity contribution in [3.63, 3.8) is 0 Å². The molecule has 1 aromatic carbocycles. The van der Waals surface area contributed by atoms with Crippen LogP contribution in [0.1, 0.15) is 18.4 Å². The monoisotopic (exact) mass is 346 g/mol. The Morgan fingerprint density at radius 2 is 1.88 bits per heavy atom. The second-order valence-electron chi connectivity index (χ2n) is 4.21. The van der Waals surface area contributed by atoms with Crippen LogP contribution in [0, 0.1) is 6.92 Å². The summed E-state index contributed by atoms with van der Waals surface area (Å²) in [5.41, 5.74) is 7.04. The van der Waals surface area contributed by atoms with Crippen LogP contribution in [0.4, 0.5) is 5.69 Å². The molecule has 0 bridgehead atoms. The topological polar surface area (TPSA) is 55.1 Å². The Morgan fingerprint density at radius 3 is 2.31 bits per heavy atom. The molecule has 0 aliphatic heterocycles. The van der Waals surface area contributed by atoms with Crippen LogP contribution in [0.3, 0.4) is 0 Å². The highest BCUT2D eigenvalue weighted by atomic mass is 79.9. The van der Waals surface area contributed by atoms with Gasteiger partial charge in [-0.2, -0.15) is 0 Å². The largest absolute Gasteiger partial charge is 0.323 e. The minimum Gasteiger partial charge on any atom is -0.323 e. The molecule has 1 aliphatic carbocycles. The first-order valence-corrected chi connectivity index (χ1v) is 6.57. The van der Waals surface area contributed by atoms with Crippen molar-refractivity contribution < 1.29 is 4.79 Å². The van der Waals surface area contributed by atoms with E-state index in [1.54, 1.807) is 0 Å². The van der Waals surface area contributed by atoms with Crippen molar-refractivity contribution in [3.05, 3.63) is 26.6 Å². The zero-order chi connectivity index (χ0) is 11.9. The summed E-state index contributed by atoms with van der Waals surface area (Å²) in [5.74, 6) is -0.113. The number of benzene rings is 1. The number of halogens is 2. The number of carbonyl (C=O) groups excluding carboxylic acids is 1. The third kappa shape index (κ3) is 2.31. The minimum atomic E-state index is -0.649. The number of aryl methyl sites for hydroxylation is 1. The maximum absolute atomic E-state index is 11.8. The average Bonchev–Trinajstić information content (AvgIpc) is 2.91. The molecular weight excluding hydrogens is 336 g/mol. The van der Waals surface area contributed by atoms with Crippen molar-refractivity contribution in [2.75, 3.05) is 5.32 Å². The predicted octanol–water partition coefficient (Wildman–Crippen LogP) is 2.95. The molecule has 1 aromatic rings. The number of nitrogens with two attached hydrogens (primary N) is 1. The molecule has 1 aliphatic rings. The fourth-order valence-electron chi connectivity index (χ4n) is 1.42. The van der Waals surface area contributed by atoms with E-state index in [2.05, 4.69) is 37.2 Å². The second-order valence-corrected chi connectivity index (χ2v) is 5.92. The summed E-state index contributed by atoms with van der Waals surface area (Å²) in [7, 11) is 0. The number of hydrogen-bond acceptors (Lipinski definition) is 2. The highest BCUT2D eigenvalue weighted by Gasteiger charge is 2.46. The lowest BCUT2D eigenvalue weighted by molar-refractivity contribution is -0.118. The van der Waals surface area contributed by atoms with E-state index in [1.165, 1.54) is 0 Å². The molecule has 0 unspecified atom stereocenters. The molecule has 2 rings (SSSR count). The molecule has 0 heterocycles. The van der Waals surface area contributed by atoms with Gasteiger partial charge in [0.15, 0.2) is 0 Å². The Morgan fingerprint density at radius 1 is 1.38 bits per heavy atom. The number of nitrogens with one attached hydrogen (secondary N) is 1. The van der Waals surface area contributed by atoms with Gasteiger partial charge in [-0.1, -0.05) is 0 Å². The van der Waals surface area contributed by atoms with E-state index >= 15 is 0 Å². The van der Waals surface area contributed by atoms with Gasteiger partial charge < -0.3 is 11.1 Å². The molecule has 86 valence electrons. The molecule has 0 spiro atoms. The van der Waals surface area contributed by atoms with E-state index in [9.17, 15) is 4.79 Å². The summed E-state index contributed by atoms with van der Waals surface area (Å²) >= 11 is 6.86. The van der Waals surface area contributed by atoms with Gasteiger partial charge >= 0.3 is 0 Å². The Balaban J connectivity index is 2.24. The van der Waals surface area contributed by atoms with Crippen LogP contribution in [0.25, 0.3) is 0 Å². The van der Waals surface area contributed by atoms with E-state index in [4.69, 9.17) is 5.73 Å². The summed E-state index contributed by atoms with van der Waals surface area (Å²) in [6.45, 7) is 1.99. The maximum Gasteiger partial charge on any atom is 0.244 e. The van der Waals surface area contributed by atoms with Gasteiger partial charge in [0, 0.05) is 8.95 Å². The fourth-order valence-corrected chi connectivity index (χ4v) is 3.03. The molecule has 0 atom stereocenters. The average molecular weight is 348 g/mol. The lowest BCUT2D eigenvalue weighted by Gasteiger charge is -2.13. The summed E-state index contributed by atoms with van der Waals surface area (Å²) in [4.78, 5) is 11.8. The summed E-state index contributed by atoms with van der Waals surface area (Å²) in [6, 6.07) is 3.91. The first-order valence-electron chi connectivity index (χ1n) is 4.98. The van der Waals surface area contributed by atoms with Gasteiger partial charge in [0.2, 0.25) is 5.91 Å². The lowest BCUT2D eigenvalue weighted by atomic mass is 10.2. The van der Waals surface area contributed by atoms with Crippen LogP contribution in [0.5, 0.6) is 0 Å². The minimum absolute atomic E-state index is 0.113. The molecule has 1 amide bonds. The molecule has 1 saturated carbocycles. The molecule has 1 fully saturated rings. The van der Waals surface area contributed by atoms with Crippen molar-refractivity contribution in [2.45, 2.75) is 25.3 Å². The standard InChI is InChI=1S/C11H12Br2N2O/c1-6-4-7(12)9(8(13)5-6)15-10(16)11(14)2-3-11/h4-5H,2-3,14H2,1H3,(H,15,16). The van der Waals surface area contributed by atoms with Crippen LogP contribution in [-0.2, 0) is 4.79 Å². The molecule has 0 radical (unpaired) electrons. The number of amides is 1. The smallest absolute Gasteiger partial charge is 0.244 e. The second kappa shape index (κ2) is 4.13. The number of hydrogen-bond donors (Lipinski definition) is 2. The highest BCUT2D eigenvalue weighted by molar-refractivity contribution is 9.11. The van der Waals surface area contributed by atoms with E-state index < -0.39 is 5.54 Å². The normalized spacial score (nSPS) is 17.0. The van der Waals surface area contributed by atoms with Gasteiger partial charge in [-0.25, -0.2) is 0 Å². The first-order chi connectivity index (χ1) is 7.42. The Hall–Kier alpha value is -0.390. The van der Waals surface area contributed by atoms with Gasteiger partial charge in [-0.05, 0) is 69.3 Å². The molecule has 16 heavy (non-hydrogen) atoms. The zero-order valence-corrected chi connectivity index (χ0v) is 12.0. The van der Waals surface area contributed by atoms with Crippen LogP contribution >= 0.6 is 31.9 Å². The van der Waals surface area contributed by atoms with Crippen LogP contribution < -0.4 is 11.1 Å². The van der Waals surface area contributed by atoms with Crippen molar-refractivity contribution in [2.24, 2.45) is 5.73 Å². The molecule has 3 nitrogen and oxygen atoms in total. The van der Waals surface area contributed by atoms with Gasteiger partial charge in [0.1, 0.15) is 0 Å². The van der Waals surface area contributed by atoms with Crippen molar-refractivity contribution in [1.82, 2.24) is 0 Å². The van der Waals surface area contributed by atoms with Crippen molar-refractivity contribution in [1.29, 1.82) is 0 Å². The van der Waals surface area contributed by atoms with Crippen molar-refractivity contribution >= 4 is 43.5 Å². The van der Waals surface area contributed by atoms with Crippen LogP contribution in [0.2, 0.25) is 0 Å². The summed E-state index contributed by atoms with van der Waals surface area (Å²) < 4.78 is 1.72. The molecule has 3 N–H and O–H groups in total. The van der Waals surface area contributed by atoms with Gasteiger partial charge in [-0.3, -0.25) is 4.79 Å². The quantitative estimate of drug-likeness (QED) is 0.864. The van der Waals surface area contributed by atoms with Crippen LogP contribution in [-0.4, -0.2) is 11.4 Å². The van der Waals surface area contributed by atoms with E-state index in [0.29, 0.717) is 0 Å². The molecule has 0 saturated heterocycles. The maximum atomic E-state index is 11.8. The Labute approximate surface area is 111 Å². The van der Waals surface area contributed by atoms with E-state index in [0.717, 1.165) is 33.0 Å². The van der Waals surface area contributed by atoms with Crippen LogP contribution in [0.15, 0.2) is 21.1 Å². The number of rotatable bonds is 2. The third-order valence-electron chi connectivity index (χ3n) is 2.67. The zero-order valence-electron chi connectivity index (χ0n) is 8.81. The van der Waals surface area contributed by atoms with E-state index in [-0.39, 0.29) is 5.91 Å². The number of carbonyl (C=O) groups is 1. The van der Waals surface area contributed by atoms with Gasteiger partial charge in [-0.15, -0.1) is 0 Å². The molecule has 5 heteroatoms. The lowest BCUT2D eigenvalue weighted by Crippen LogP contribution is -2.38. The van der Waals surface area contributed by atoms with Gasteiger partial charge in [0.25, 0.3) is 0 Å². The summed E-state index contributed by atoms with van der Waals surface area (Å²) in [5, 5.41) is 2.85. The highest BCUT2D eigenvalue weighted by Crippen LogP contribution is 2.37. The van der Waals surface area contributed by atoms with E-state index in [1.807, 2.05) is 19.1 Å². The van der Waals surface area contributed by atoms with Gasteiger partial charge in [0.05, 0.1) is 11.2 Å². The fraction of sp³-hybridized carbons (Fsp3) is 0.364. The molecular formula is C11H12Br2N2O. The third-order valence-corrected chi connectivity index (χ3v) is 3.92. The number of anilines is 1. The SMILES string of the molecule is Cc1cc(Br)c(NC(=O)C2(N)CC2)c(Br)c1. The van der Waals surface area contributed by atoms with Crippen molar-refractivity contribution in [3.8, 4) is 0 Å². The Kier molecular flexibility index (Phi) is 3.11. The molecule has 0 aromatic heterocycles. The predicted molar refractivity (Wildman–Crippen MR) is 71.4 cm³/mol. The Bertz CT molecular complexity index is 432. The first kappa shape index (κ1) is 12.1. The summed E-state index contributed by atoms with van der Waals surface area (Å²) in [6.07, 6.45) is 1.53.